The molecule has 1 N–H and O–H groups in total. The molecule has 1 rings (SSSR count). The lowest BCUT2D eigenvalue weighted by atomic mass is 9.78. The molecule has 0 bridgehead atoms. The average Bonchev–Trinajstić information content (AvgIpc) is 2.48. The number of likely N-dealkylation sites (N-methyl/N-ethyl adjacent to an activating group) is 1. The highest BCUT2D eigenvalue weighted by Crippen LogP contribution is 2.38. The molecule has 26 heavy (non-hydrogen) atoms. The molecule has 0 saturated carbocycles. The van der Waals surface area contributed by atoms with Crippen LogP contribution in [0.1, 0.15) is 37.0 Å². The topological polar surface area (TPSA) is 73.9 Å². The fourth-order valence-corrected chi connectivity index (χ4v) is 3.32. The van der Waals surface area contributed by atoms with Crippen molar-refractivity contribution < 1.29 is 23.8 Å². The maximum absolute atomic E-state index is 12.0. The summed E-state index contributed by atoms with van der Waals surface area (Å²) in [6, 6.07) is 3.77. The first-order chi connectivity index (χ1) is 12.2. The molecule has 1 aromatic rings. The molecule has 0 aliphatic carbocycles. The van der Waals surface area contributed by atoms with Crippen LogP contribution in [-0.2, 0) is 19.7 Å². The Morgan fingerprint density at radius 3 is 2.46 bits per heavy atom. The summed E-state index contributed by atoms with van der Waals surface area (Å²) in [5.41, 5.74) is 2.18. The Morgan fingerprint density at radius 2 is 1.85 bits per heavy atom. The van der Waals surface area contributed by atoms with E-state index >= 15 is 0 Å². The number of ether oxygens (including phenoxy) is 3. The second-order valence-electron chi connectivity index (χ2n) is 6.83. The van der Waals surface area contributed by atoms with Crippen LogP contribution >= 0.6 is 12.6 Å². The molecular formula is C19H29NO5S. The lowest BCUT2D eigenvalue weighted by molar-refractivity contribution is -0.111. The van der Waals surface area contributed by atoms with Crippen molar-refractivity contribution in [1.29, 1.82) is 0 Å². The van der Waals surface area contributed by atoms with E-state index in [1.165, 1.54) is 0 Å². The summed E-state index contributed by atoms with van der Waals surface area (Å²) in [4.78, 5) is 23.5. The van der Waals surface area contributed by atoms with Crippen LogP contribution in [0.4, 0.5) is 4.79 Å². The predicted molar refractivity (Wildman–Crippen MR) is 104 cm³/mol. The van der Waals surface area contributed by atoms with E-state index in [0.717, 1.165) is 23.2 Å². The van der Waals surface area contributed by atoms with Gasteiger partial charge in [0.15, 0.2) is 5.12 Å². The molecule has 1 aromatic carbocycles. The fourth-order valence-electron chi connectivity index (χ4n) is 2.92. The Morgan fingerprint density at radius 1 is 1.15 bits per heavy atom. The average molecular weight is 384 g/mol. The molecule has 7 heteroatoms. The van der Waals surface area contributed by atoms with Gasteiger partial charge in [-0.25, -0.2) is 4.79 Å². The molecular weight excluding hydrogens is 354 g/mol. The monoisotopic (exact) mass is 383 g/mol. The highest BCUT2D eigenvalue weighted by atomic mass is 32.1. The van der Waals surface area contributed by atoms with Crippen LogP contribution in [0.15, 0.2) is 12.1 Å². The zero-order valence-corrected chi connectivity index (χ0v) is 17.1. The number of hydrogen-bond acceptors (Lipinski definition) is 6. The molecule has 146 valence electrons. The van der Waals surface area contributed by atoms with Crippen LogP contribution in [0, 0.1) is 13.8 Å². The SMILES string of the molecule is CNCCOCCOC(=O)Oc1cc(C)cc(C)c1C(C)(C)CC(=O)S. The number of nitrogens with one attached hydrogen (secondary N) is 1. The number of hydrogen-bond donors (Lipinski definition) is 2. The van der Waals surface area contributed by atoms with Gasteiger partial charge >= 0.3 is 6.16 Å². The lowest BCUT2D eigenvalue weighted by Crippen LogP contribution is -2.24. The van der Waals surface area contributed by atoms with Crippen molar-refractivity contribution in [3.05, 3.63) is 28.8 Å². The minimum Gasteiger partial charge on any atom is -0.432 e. The number of benzene rings is 1. The van der Waals surface area contributed by atoms with E-state index in [0.29, 0.717) is 19.0 Å². The minimum absolute atomic E-state index is 0.112. The van der Waals surface area contributed by atoms with Crippen molar-refractivity contribution in [3.8, 4) is 5.75 Å². The third kappa shape index (κ3) is 7.35. The standard InChI is InChI=1S/C19H29NO5S/c1-13-10-14(2)17(19(3,4)12-16(21)26)15(11-13)25-18(22)24-9-8-23-7-6-20-5/h10-11,20H,6-9,12H2,1-5H3,(H,21,26). The quantitative estimate of drug-likeness (QED) is 0.280. The van der Waals surface area contributed by atoms with E-state index in [4.69, 9.17) is 14.2 Å². The zero-order chi connectivity index (χ0) is 19.7. The van der Waals surface area contributed by atoms with Gasteiger partial charge in [0.25, 0.3) is 0 Å². The van der Waals surface area contributed by atoms with Gasteiger partial charge in [-0.05, 0) is 38.1 Å². The van der Waals surface area contributed by atoms with E-state index < -0.39 is 11.6 Å². The third-order valence-corrected chi connectivity index (χ3v) is 4.01. The maximum Gasteiger partial charge on any atom is 0.513 e. The van der Waals surface area contributed by atoms with Gasteiger partial charge in [0.2, 0.25) is 0 Å². The summed E-state index contributed by atoms with van der Waals surface area (Å²) in [5, 5.41) is 2.74. The Bertz CT molecular complexity index is 631. The second kappa shape index (κ2) is 10.5. The normalized spacial score (nSPS) is 11.3. The summed E-state index contributed by atoms with van der Waals surface area (Å²) in [5.74, 6) is 0.406. The number of carbonyl (C=O) groups is 2. The summed E-state index contributed by atoms with van der Waals surface area (Å²) in [7, 11) is 1.83. The molecule has 0 amide bonds. The fraction of sp³-hybridized carbons (Fsp3) is 0.579. The van der Waals surface area contributed by atoms with Gasteiger partial charge < -0.3 is 19.5 Å². The van der Waals surface area contributed by atoms with Crippen LogP contribution in [0.25, 0.3) is 0 Å². The largest absolute Gasteiger partial charge is 0.513 e. The first-order valence-electron chi connectivity index (χ1n) is 8.58. The van der Waals surface area contributed by atoms with Crippen LogP contribution < -0.4 is 10.1 Å². The smallest absolute Gasteiger partial charge is 0.432 e. The molecule has 0 fully saturated rings. The number of carbonyl (C=O) groups excluding carboxylic acids is 2. The summed E-state index contributed by atoms with van der Waals surface area (Å²) < 4.78 is 15.8. The minimum atomic E-state index is -0.790. The second-order valence-corrected chi connectivity index (χ2v) is 7.32. The predicted octanol–water partition coefficient (Wildman–Crippen LogP) is 3.18. The summed E-state index contributed by atoms with van der Waals surface area (Å²) in [6.07, 6.45) is -0.563. The van der Waals surface area contributed by atoms with Gasteiger partial charge in [-0.1, -0.05) is 19.9 Å². The molecule has 0 atom stereocenters. The van der Waals surface area contributed by atoms with Crippen LogP contribution in [0.2, 0.25) is 0 Å². The van der Waals surface area contributed by atoms with Gasteiger partial charge in [-0.15, -0.1) is 12.6 Å². The van der Waals surface area contributed by atoms with Crippen molar-refractivity contribution in [2.24, 2.45) is 0 Å². The first-order valence-corrected chi connectivity index (χ1v) is 9.02. The van der Waals surface area contributed by atoms with Crippen LogP contribution in [0.5, 0.6) is 5.75 Å². The summed E-state index contributed by atoms with van der Waals surface area (Å²) in [6.45, 7) is 9.39. The molecule has 0 aliphatic rings. The van der Waals surface area contributed by atoms with Crippen LogP contribution in [-0.4, -0.2) is 44.7 Å². The molecule has 0 spiro atoms. The van der Waals surface area contributed by atoms with Crippen molar-refractivity contribution in [3.63, 3.8) is 0 Å². The molecule has 0 unspecified atom stereocenters. The number of aryl methyl sites for hydroxylation is 2. The van der Waals surface area contributed by atoms with Crippen molar-refractivity contribution >= 4 is 23.9 Å². The van der Waals surface area contributed by atoms with E-state index in [9.17, 15) is 9.59 Å². The van der Waals surface area contributed by atoms with Gasteiger partial charge in [0, 0.05) is 23.9 Å². The molecule has 0 saturated heterocycles. The van der Waals surface area contributed by atoms with E-state index in [1.807, 2.05) is 40.8 Å². The van der Waals surface area contributed by atoms with E-state index in [2.05, 4.69) is 17.9 Å². The highest BCUT2D eigenvalue weighted by molar-refractivity contribution is 7.96. The number of rotatable bonds is 10. The van der Waals surface area contributed by atoms with Gasteiger partial charge in [0.1, 0.15) is 12.4 Å². The molecule has 6 nitrogen and oxygen atoms in total. The Kier molecular flexibility index (Phi) is 9.12. The van der Waals surface area contributed by atoms with Gasteiger partial charge in [0.05, 0.1) is 13.2 Å². The summed E-state index contributed by atoms with van der Waals surface area (Å²) >= 11 is 3.89. The molecule has 0 aromatic heterocycles. The molecule has 0 radical (unpaired) electrons. The number of thiol groups is 1. The zero-order valence-electron chi connectivity index (χ0n) is 16.2. The van der Waals surface area contributed by atoms with E-state index in [1.54, 1.807) is 6.07 Å². The van der Waals surface area contributed by atoms with Gasteiger partial charge in [-0.2, -0.15) is 0 Å². The van der Waals surface area contributed by atoms with Crippen molar-refractivity contribution in [1.82, 2.24) is 5.32 Å². The highest BCUT2D eigenvalue weighted by Gasteiger charge is 2.29. The lowest BCUT2D eigenvalue weighted by Gasteiger charge is -2.28. The molecule has 0 heterocycles. The van der Waals surface area contributed by atoms with Crippen molar-refractivity contribution in [2.45, 2.75) is 39.5 Å². The van der Waals surface area contributed by atoms with Crippen LogP contribution in [0.3, 0.4) is 0 Å². The Hall–Kier alpha value is -1.57. The van der Waals surface area contributed by atoms with Gasteiger partial charge in [-0.3, -0.25) is 4.79 Å². The maximum atomic E-state index is 12.0. The van der Waals surface area contributed by atoms with E-state index in [-0.39, 0.29) is 18.1 Å². The first kappa shape index (κ1) is 22.5. The molecule has 0 aliphatic heterocycles. The Labute approximate surface area is 161 Å². The third-order valence-electron chi connectivity index (χ3n) is 3.85. The van der Waals surface area contributed by atoms with Crippen molar-refractivity contribution in [2.75, 3.05) is 33.4 Å². The Balaban J connectivity index is 2.82.